The first-order valence-electron chi connectivity index (χ1n) is 7.08. The highest BCUT2D eigenvalue weighted by Crippen LogP contribution is 2.36. The third kappa shape index (κ3) is 2.84. The highest BCUT2D eigenvalue weighted by molar-refractivity contribution is 7.15. The van der Waals surface area contributed by atoms with Crippen LogP contribution in [0.3, 0.4) is 0 Å². The largest absolute Gasteiger partial charge is 0.381 e. The molecule has 4 nitrogen and oxygen atoms in total. The molecular formula is C16H18N2O2S. The SMILES string of the molecule is Cc1cnc(NC(=O)C2(c3ccccc3)CCOCC2)s1. The number of aryl methyl sites for hydroxylation is 1. The first-order chi connectivity index (χ1) is 10.2. The van der Waals surface area contributed by atoms with E-state index in [1.165, 1.54) is 11.3 Å². The van der Waals surface area contributed by atoms with E-state index in [2.05, 4.69) is 10.3 Å². The van der Waals surface area contributed by atoms with Crippen LogP contribution >= 0.6 is 11.3 Å². The summed E-state index contributed by atoms with van der Waals surface area (Å²) in [5.74, 6) is 0.0198. The summed E-state index contributed by atoms with van der Waals surface area (Å²) in [4.78, 5) is 18.2. The van der Waals surface area contributed by atoms with Gasteiger partial charge in [0, 0.05) is 24.3 Å². The Hall–Kier alpha value is -1.72. The van der Waals surface area contributed by atoms with Crippen molar-refractivity contribution in [3.8, 4) is 0 Å². The van der Waals surface area contributed by atoms with Crippen molar-refractivity contribution in [3.05, 3.63) is 47.0 Å². The summed E-state index contributed by atoms with van der Waals surface area (Å²) in [7, 11) is 0. The van der Waals surface area contributed by atoms with Crippen LogP contribution in [0.2, 0.25) is 0 Å². The lowest BCUT2D eigenvalue weighted by molar-refractivity contribution is -0.125. The van der Waals surface area contributed by atoms with Gasteiger partial charge in [-0.15, -0.1) is 11.3 Å². The molecule has 1 fully saturated rings. The van der Waals surface area contributed by atoms with Crippen LogP contribution in [0.1, 0.15) is 23.3 Å². The molecule has 21 heavy (non-hydrogen) atoms. The quantitative estimate of drug-likeness (QED) is 0.947. The number of carbonyl (C=O) groups excluding carboxylic acids is 1. The van der Waals surface area contributed by atoms with E-state index in [1.54, 1.807) is 6.20 Å². The molecule has 0 atom stereocenters. The van der Waals surface area contributed by atoms with Crippen molar-refractivity contribution in [2.45, 2.75) is 25.2 Å². The molecule has 110 valence electrons. The molecule has 1 N–H and O–H groups in total. The van der Waals surface area contributed by atoms with Gasteiger partial charge in [0.2, 0.25) is 5.91 Å². The number of benzene rings is 1. The van der Waals surface area contributed by atoms with E-state index in [4.69, 9.17) is 4.74 Å². The molecule has 3 rings (SSSR count). The number of nitrogens with zero attached hydrogens (tertiary/aromatic N) is 1. The van der Waals surface area contributed by atoms with Crippen LogP contribution in [0.15, 0.2) is 36.5 Å². The molecule has 0 bridgehead atoms. The molecule has 1 aromatic carbocycles. The van der Waals surface area contributed by atoms with Gasteiger partial charge in [-0.1, -0.05) is 30.3 Å². The van der Waals surface area contributed by atoms with E-state index in [0.29, 0.717) is 31.2 Å². The third-order valence-corrected chi connectivity index (χ3v) is 4.78. The fraction of sp³-hybridized carbons (Fsp3) is 0.375. The topological polar surface area (TPSA) is 51.2 Å². The molecule has 1 aliphatic heterocycles. The first kappa shape index (κ1) is 14.2. The molecule has 1 aliphatic rings. The Morgan fingerprint density at radius 1 is 1.29 bits per heavy atom. The lowest BCUT2D eigenvalue weighted by atomic mass is 9.73. The zero-order valence-electron chi connectivity index (χ0n) is 12.0. The summed E-state index contributed by atoms with van der Waals surface area (Å²) in [5.41, 5.74) is 0.540. The van der Waals surface area contributed by atoms with E-state index in [9.17, 15) is 4.79 Å². The van der Waals surface area contributed by atoms with E-state index in [0.717, 1.165) is 10.4 Å². The van der Waals surface area contributed by atoms with Crippen LogP contribution in [0, 0.1) is 6.92 Å². The first-order valence-corrected chi connectivity index (χ1v) is 7.89. The van der Waals surface area contributed by atoms with Gasteiger partial charge < -0.3 is 10.1 Å². The van der Waals surface area contributed by atoms with Crippen LogP contribution in [0.25, 0.3) is 0 Å². The lowest BCUT2D eigenvalue weighted by Gasteiger charge is -2.35. The molecule has 1 saturated heterocycles. The van der Waals surface area contributed by atoms with E-state index < -0.39 is 5.41 Å². The summed E-state index contributed by atoms with van der Waals surface area (Å²) in [6.07, 6.45) is 3.18. The van der Waals surface area contributed by atoms with Crippen molar-refractivity contribution >= 4 is 22.4 Å². The lowest BCUT2D eigenvalue weighted by Crippen LogP contribution is -2.44. The number of aromatic nitrogens is 1. The third-order valence-electron chi connectivity index (χ3n) is 3.95. The fourth-order valence-electron chi connectivity index (χ4n) is 2.75. The molecule has 0 aliphatic carbocycles. The molecule has 2 heterocycles. The number of rotatable bonds is 3. The number of hydrogen-bond acceptors (Lipinski definition) is 4. The van der Waals surface area contributed by atoms with Gasteiger partial charge in [-0.05, 0) is 25.3 Å². The predicted octanol–water partition coefficient (Wildman–Crippen LogP) is 3.14. The normalized spacial score (nSPS) is 17.4. The second kappa shape index (κ2) is 5.95. The molecule has 1 amide bonds. The summed E-state index contributed by atoms with van der Waals surface area (Å²) in [6.45, 7) is 3.20. The maximum absolute atomic E-state index is 12.9. The van der Waals surface area contributed by atoms with Crippen molar-refractivity contribution in [3.63, 3.8) is 0 Å². The Kier molecular flexibility index (Phi) is 4.03. The molecule has 0 unspecified atom stereocenters. The molecule has 2 aromatic rings. The number of carbonyl (C=O) groups is 1. The Bertz CT molecular complexity index is 618. The summed E-state index contributed by atoms with van der Waals surface area (Å²) in [5, 5.41) is 3.65. The van der Waals surface area contributed by atoms with Crippen molar-refractivity contribution < 1.29 is 9.53 Å². The number of ether oxygens (including phenoxy) is 1. The summed E-state index contributed by atoms with van der Waals surface area (Å²) >= 11 is 1.50. The number of amides is 1. The minimum atomic E-state index is -0.515. The van der Waals surface area contributed by atoms with Crippen LogP contribution in [0.5, 0.6) is 0 Å². The van der Waals surface area contributed by atoms with Gasteiger partial charge in [-0.25, -0.2) is 4.98 Å². The van der Waals surface area contributed by atoms with Gasteiger partial charge >= 0.3 is 0 Å². The van der Waals surface area contributed by atoms with Crippen LogP contribution < -0.4 is 5.32 Å². The average Bonchev–Trinajstić information content (AvgIpc) is 2.94. The van der Waals surface area contributed by atoms with Gasteiger partial charge in [0.05, 0.1) is 5.41 Å². The van der Waals surface area contributed by atoms with Gasteiger partial charge in [0.25, 0.3) is 0 Å². The summed E-state index contributed by atoms with van der Waals surface area (Å²) < 4.78 is 5.46. The van der Waals surface area contributed by atoms with Crippen molar-refractivity contribution in [2.75, 3.05) is 18.5 Å². The second-order valence-electron chi connectivity index (χ2n) is 5.29. The van der Waals surface area contributed by atoms with Crippen molar-refractivity contribution in [1.82, 2.24) is 4.98 Å². The number of nitrogens with one attached hydrogen (secondary N) is 1. The maximum atomic E-state index is 12.9. The standard InChI is InChI=1S/C16H18N2O2S/c1-12-11-17-15(21-12)18-14(19)16(7-9-20-10-8-16)13-5-3-2-4-6-13/h2-6,11H,7-10H2,1H3,(H,17,18,19). The van der Waals surface area contributed by atoms with E-state index in [-0.39, 0.29) is 5.91 Å². The molecule has 1 aromatic heterocycles. The molecule has 0 saturated carbocycles. The van der Waals surface area contributed by atoms with E-state index >= 15 is 0 Å². The van der Waals surface area contributed by atoms with Crippen molar-refractivity contribution in [2.24, 2.45) is 0 Å². The van der Waals surface area contributed by atoms with Crippen molar-refractivity contribution in [1.29, 1.82) is 0 Å². The predicted molar refractivity (Wildman–Crippen MR) is 83.7 cm³/mol. The average molecular weight is 302 g/mol. The Balaban J connectivity index is 1.90. The zero-order chi connectivity index (χ0) is 14.7. The summed E-state index contributed by atoms with van der Waals surface area (Å²) in [6, 6.07) is 9.98. The molecule has 0 spiro atoms. The molecule has 5 heteroatoms. The highest BCUT2D eigenvalue weighted by atomic mass is 32.1. The number of thiazole rings is 1. The minimum absolute atomic E-state index is 0.0198. The van der Waals surface area contributed by atoms with Crippen LogP contribution in [-0.2, 0) is 14.9 Å². The highest BCUT2D eigenvalue weighted by Gasteiger charge is 2.41. The van der Waals surface area contributed by atoms with Gasteiger partial charge in [-0.2, -0.15) is 0 Å². The number of anilines is 1. The monoisotopic (exact) mass is 302 g/mol. The van der Waals surface area contributed by atoms with Gasteiger partial charge in [0.15, 0.2) is 5.13 Å². The van der Waals surface area contributed by atoms with Crippen LogP contribution in [0.4, 0.5) is 5.13 Å². The van der Waals surface area contributed by atoms with Gasteiger partial charge in [-0.3, -0.25) is 4.79 Å². The zero-order valence-corrected chi connectivity index (χ0v) is 12.8. The Morgan fingerprint density at radius 2 is 2.00 bits per heavy atom. The fourth-order valence-corrected chi connectivity index (χ4v) is 3.41. The second-order valence-corrected chi connectivity index (χ2v) is 6.53. The maximum Gasteiger partial charge on any atom is 0.236 e. The number of hydrogen-bond donors (Lipinski definition) is 1. The minimum Gasteiger partial charge on any atom is -0.381 e. The smallest absolute Gasteiger partial charge is 0.236 e. The van der Waals surface area contributed by atoms with E-state index in [1.807, 2.05) is 37.3 Å². The molecule has 0 radical (unpaired) electrons. The Morgan fingerprint density at radius 3 is 2.62 bits per heavy atom. The van der Waals surface area contributed by atoms with Gasteiger partial charge in [0.1, 0.15) is 0 Å². The van der Waals surface area contributed by atoms with Crippen LogP contribution in [-0.4, -0.2) is 24.1 Å². The Labute approximate surface area is 128 Å². The molecular weight excluding hydrogens is 284 g/mol.